The van der Waals surface area contributed by atoms with Crippen LogP contribution in [-0.4, -0.2) is 21.0 Å². The van der Waals surface area contributed by atoms with Crippen molar-refractivity contribution < 1.29 is 14.6 Å². The number of fused-ring (bicyclic) bond motifs is 1. The third kappa shape index (κ3) is 3.64. The molecule has 6 heteroatoms. The summed E-state index contributed by atoms with van der Waals surface area (Å²) in [6, 6.07) is 5.79. The van der Waals surface area contributed by atoms with E-state index in [1.807, 2.05) is 44.4 Å². The van der Waals surface area contributed by atoms with Gasteiger partial charge in [-0.25, -0.2) is 9.97 Å². The maximum absolute atomic E-state index is 11.4. The molecule has 0 radical (unpaired) electrons. The number of aryl methyl sites for hydroxylation is 2. The molecule has 0 aliphatic carbocycles. The molecule has 1 atom stereocenters. The molecule has 0 spiro atoms. The molecular weight excluding hydrogens is 336 g/mol. The predicted octanol–water partition coefficient (Wildman–Crippen LogP) is 4.47. The van der Waals surface area contributed by atoms with Gasteiger partial charge in [0.25, 0.3) is 0 Å². The lowest BCUT2D eigenvalue weighted by Crippen LogP contribution is -2.09. The van der Waals surface area contributed by atoms with Gasteiger partial charge >= 0.3 is 5.97 Å². The molecule has 3 aromatic rings. The number of hydrogen-bond acceptors (Lipinski definition) is 5. The van der Waals surface area contributed by atoms with Crippen LogP contribution < -0.4 is 4.74 Å². The topological polar surface area (TPSA) is 72.3 Å². The van der Waals surface area contributed by atoms with Crippen molar-refractivity contribution in [2.75, 3.05) is 0 Å². The zero-order valence-corrected chi connectivity index (χ0v) is 15.3. The Morgan fingerprint density at radius 3 is 2.84 bits per heavy atom. The second-order valence-electron chi connectivity index (χ2n) is 5.96. The highest BCUT2D eigenvalue weighted by Gasteiger charge is 2.21. The van der Waals surface area contributed by atoms with E-state index in [4.69, 9.17) is 4.74 Å². The van der Waals surface area contributed by atoms with E-state index in [0.29, 0.717) is 13.0 Å². The van der Waals surface area contributed by atoms with Crippen LogP contribution in [0.1, 0.15) is 41.9 Å². The van der Waals surface area contributed by atoms with Gasteiger partial charge in [0.05, 0.1) is 5.92 Å². The normalized spacial score (nSPS) is 12.3. The molecule has 25 heavy (non-hydrogen) atoms. The summed E-state index contributed by atoms with van der Waals surface area (Å²) in [4.78, 5) is 20.0. The molecule has 0 aliphatic heterocycles. The zero-order chi connectivity index (χ0) is 18.0. The summed E-state index contributed by atoms with van der Waals surface area (Å²) in [5.74, 6) is 0.257. The van der Waals surface area contributed by atoms with E-state index in [0.717, 1.165) is 38.5 Å². The fraction of sp³-hybridized carbons (Fsp3) is 0.316. The average Bonchev–Trinajstić information content (AvgIpc) is 2.97. The highest BCUT2D eigenvalue weighted by Crippen LogP contribution is 2.35. The number of nitrogens with zero attached hydrogens (tertiary/aromatic N) is 2. The molecule has 3 rings (SSSR count). The van der Waals surface area contributed by atoms with Crippen molar-refractivity contribution in [3.8, 4) is 5.75 Å². The van der Waals surface area contributed by atoms with Gasteiger partial charge in [0.1, 0.15) is 18.2 Å². The van der Waals surface area contributed by atoms with E-state index in [1.165, 1.54) is 0 Å². The lowest BCUT2D eigenvalue weighted by molar-refractivity contribution is -0.138. The molecule has 2 aromatic heterocycles. The van der Waals surface area contributed by atoms with E-state index in [1.54, 1.807) is 17.5 Å². The first kappa shape index (κ1) is 17.4. The Bertz CT molecular complexity index is 920. The van der Waals surface area contributed by atoms with E-state index < -0.39 is 11.9 Å². The van der Waals surface area contributed by atoms with Crippen molar-refractivity contribution in [2.24, 2.45) is 0 Å². The predicted molar refractivity (Wildman–Crippen MR) is 98.3 cm³/mol. The number of ether oxygens (including phenoxy) is 1. The van der Waals surface area contributed by atoms with Crippen LogP contribution in [0.4, 0.5) is 0 Å². The standard InChI is InChI=1S/C19H20N2O3S/c1-4-15(19(22)23)17-10-25-18-7-14(5-6-16(17)18)24-9-13-8-20-12(3)21-11(13)2/h5-8,10,15H,4,9H2,1-3H3,(H,22,23). The second-order valence-corrected chi connectivity index (χ2v) is 6.88. The Kier molecular flexibility index (Phi) is 4.99. The maximum atomic E-state index is 11.4. The first-order valence-corrected chi connectivity index (χ1v) is 9.03. The molecule has 0 bridgehead atoms. The maximum Gasteiger partial charge on any atom is 0.311 e. The molecule has 130 valence electrons. The van der Waals surface area contributed by atoms with Crippen LogP contribution in [-0.2, 0) is 11.4 Å². The summed E-state index contributed by atoms with van der Waals surface area (Å²) in [5, 5.41) is 12.3. The molecule has 1 N–H and O–H groups in total. The van der Waals surface area contributed by atoms with Crippen LogP contribution >= 0.6 is 11.3 Å². The number of rotatable bonds is 6. The smallest absolute Gasteiger partial charge is 0.311 e. The van der Waals surface area contributed by atoms with Crippen molar-refractivity contribution in [1.29, 1.82) is 0 Å². The molecule has 0 aliphatic rings. The number of benzene rings is 1. The SMILES string of the molecule is CCC(C(=O)O)c1csc2cc(OCc3cnc(C)nc3C)ccc12. The van der Waals surface area contributed by atoms with Crippen molar-refractivity contribution in [3.05, 3.63) is 52.4 Å². The zero-order valence-electron chi connectivity index (χ0n) is 14.4. The molecule has 0 fully saturated rings. The average molecular weight is 356 g/mol. The van der Waals surface area contributed by atoms with Gasteiger partial charge in [-0.2, -0.15) is 0 Å². The van der Waals surface area contributed by atoms with E-state index in [9.17, 15) is 9.90 Å². The number of carboxylic acid groups (broad SMARTS) is 1. The molecule has 1 unspecified atom stereocenters. The number of aromatic nitrogens is 2. The van der Waals surface area contributed by atoms with Crippen molar-refractivity contribution in [3.63, 3.8) is 0 Å². The number of aliphatic carboxylic acids is 1. The van der Waals surface area contributed by atoms with Gasteiger partial charge < -0.3 is 9.84 Å². The van der Waals surface area contributed by atoms with Crippen LogP contribution in [0.2, 0.25) is 0 Å². The van der Waals surface area contributed by atoms with Gasteiger partial charge in [0, 0.05) is 22.2 Å². The summed E-state index contributed by atoms with van der Waals surface area (Å²) >= 11 is 1.55. The molecule has 5 nitrogen and oxygen atoms in total. The van der Waals surface area contributed by atoms with Gasteiger partial charge in [0.15, 0.2) is 0 Å². The fourth-order valence-corrected chi connectivity index (χ4v) is 3.87. The fourth-order valence-electron chi connectivity index (χ4n) is 2.83. The quantitative estimate of drug-likeness (QED) is 0.706. The minimum atomic E-state index is -0.780. The van der Waals surface area contributed by atoms with Crippen LogP contribution in [0.5, 0.6) is 5.75 Å². The summed E-state index contributed by atoms with van der Waals surface area (Å²) in [6.45, 7) is 6.11. The molecule has 0 amide bonds. The molecule has 0 saturated carbocycles. The lowest BCUT2D eigenvalue weighted by atomic mass is 9.96. The highest BCUT2D eigenvalue weighted by atomic mass is 32.1. The largest absolute Gasteiger partial charge is 0.489 e. The highest BCUT2D eigenvalue weighted by molar-refractivity contribution is 7.17. The Labute approximate surface area is 150 Å². The van der Waals surface area contributed by atoms with E-state index in [2.05, 4.69) is 9.97 Å². The molecule has 1 aromatic carbocycles. The van der Waals surface area contributed by atoms with Crippen LogP contribution in [0.15, 0.2) is 29.8 Å². The third-order valence-electron chi connectivity index (χ3n) is 4.25. The van der Waals surface area contributed by atoms with Crippen LogP contribution in [0, 0.1) is 13.8 Å². The number of hydrogen-bond donors (Lipinski definition) is 1. The van der Waals surface area contributed by atoms with Crippen molar-refractivity contribution in [1.82, 2.24) is 9.97 Å². The van der Waals surface area contributed by atoms with Gasteiger partial charge in [-0.3, -0.25) is 4.79 Å². The summed E-state index contributed by atoms with van der Waals surface area (Å²) in [5.41, 5.74) is 2.75. The first-order valence-electron chi connectivity index (χ1n) is 8.15. The Morgan fingerprint density at radius 1 is 1.36 bits per heavy atom. The minimum absolute atomic E-state index is 0.405. The number of carbonyl (C=O) groups is 1. The lowest BCUT2D eigenvalue weighted by Gasteiger charge is -2.10. The Balaban J connectivity index is 1.81. The molecular formula is C19H20N2O3S. The molecule has 2 heterocycles. The summed E-state index contributed by atoms with van der Waals surface area (Å²) in [6.07, 6.45) is 2.37. The van der Waals surface area contributed by atoms with Gasteiger partial charge in [0.2, 0.25) is 0 Å². The third-order valence-corrected chi connectivity index (χ3v) is 5.22. The molecule has 0 saturated heterocycles. The number of thiophene rings is 1. The van der Waals surface area contributed by atoms with E-state index >= 15 is 0 Å². The van der Waals surface area contributed by atoms with Crippen LogP contribution in [0.3, 0.4) is 0 Å². The summed E-state index contributed by atoms with van der Waals surface area (Å²) < 4.78 is 6.91. The first-order chi connectivity index (χ1) is 12.0. The Hall–Kier alpha value is -2.47. The van der Waals surface area contributed by atoms with Gasteiger partial charge in [-0.15, -0.1) is 11.3 Å². The number of carboxylic acids is 1. The van der Waals surface area contributed by atoms with Crippen LogP contribution in [0.25, 0.3) is 10.1 Å². The monoisotopic (exact) mass is 356 g/mol. The summed E-state index contributed by atoms with van der Waals surface area (Å²) in [7, 11) is 0. The van der Waals surface area contributed by atoms with Crippen molar-refractivity contribution >= 4 is 27.4 Å². The second kappa shape index (κ2) is 7.19. The Morgan fingerprint density at radius 2 is 2.16 bits per heavy atom. The van der Waals surface area contributed by atoms with Crippen molar-refractivity contribution in [2.45, 2.75) is 39.7 Å². The van der Waals surface area contributed by atoms with Gasteiger partial charge in [-0.1, -0.05) is 6.92 Å². The minimum Gasteiger partial charge on any atom is -0.489 e. The van der Waals surface area contributed by atoms with E-state index in [-0.39, 0.29) is 0 Å². The van der Waals surface area contributed by atoms with Gasteiger partial charge in [-0.05, 0) is 54.8 Å².